The van der Waals surface area contributed by atoms with Crippen molar-refractivity contribution >= 4 is 52.3 Å². The Labute approximate surface area is 308 Å². The number of carboxylic acids is 1. The number of nitrogens with one attached hydrogen (secondary N) is 2. The second-order valence-electron chi connectivity index (χ2n) is 13.0. The molecule has 0 saturated heterocycles. The molecule has 9 rings (SSSR count). The van der Waals surface area contributed by atoms with Gasteiger partial charge in [-0.25, -0.2) is 14.8 Å². The summed E-state index contributed by atoms with van der Waals surface area (Å²) in [4.78, 5) is 29.5. The lowest BCUT2D eigenvalue weighted by atomic mass is 10.0. The Morgan fingerprint density at radius 1 is 0.389 bits per heavy atom. The highest BCUT2D eigenvalue weighted by atomic mass is 16.4. The molecule has 0 fully saturated rings. The van der Waals surface area contributed by atoms with Crippen LogP contribution in [0.15, 0.2) is 121 Å². The van der Waals surface area contributed by atoms with Gasteiger partial charge in [-0.1, -0.05) is 48.5 Å². The van der Waals surface area contributed by atoms with E-state index in [1.54, 1.807) is 60.7 Å². The molecule has 0 saturated carbocycles. The molecule has 8 bridgehead atoms. The first-order chi connectivity index (χ1) is 26.3. The number of phenolic OH excluding ortho intramolecular Hbond substituents is 3. The van der Waals surface area contributed by atoms with Crippen LogP contribution in [0.3, 0.4) is 0 Å². The van der Waals surface area contributed by atoms with Crippen molar-refractivity contribution in [3.8, 4) is 61.8 Å². The third kappa shape index (κ3) is 5.75. The summed E-state index contributed by atoms with van der Waals surface area (Å²) in [5.74, 6) is -0.581. The van der Waals surface area contributed by atoms with Crippen LogP contribution in [-0.4, -0.2) is 46.3 Å². The second-order valence-corrected chi connectivity index (χ2v) is 13.0. The molecule has 54 heavy (non-hydrogen) atoms. The monoisotopic (exact) mass is 706 g/mol. The van der Waals surface area contributed by atoms with Crippen molar-refractivity contribution in [2.75, 3.05) is 0 Å². The van der Waals surface area contributed by atoms with Crippen molar-refractivity contribution in [1.29, 1.82) is 0 Å². The smallest absolute Gasteiger partial charge is 0.335 e. The highest BCUT2D eigenvalue weighted by Gasteiger charge is 2.19. The topological polar surface area (TPSA) is 155 Å². The molecule has 0 amide bonds. The Morgan fingerprint density at radius 2 is 0.648 bits per heavy atom. The quantitative estimate of drug-likeness (QED) is 0.104. The van der Waals surface area contributed by atoms with Gasteiger partial charge in [0.2, 0.25) is 0 Å². The first kappa shape index (κ1) is 32.3. The molecule has 5 heterocycles. The van der Waals surface area contributed by atoms with E-state index in [9.17, 15) is 25.2 Å². The van der Waals surface area contributed by atoms with Gasteiger partial charge in [0.05, 0.1) is 28.3 Å². The minimum absolute atomic E-state index is 0.142. The minimum atomic E-state index is -1.01. The van der Waals surface area contributed by atoms with Gasteiger partial charge in [0.15, 0.2) is 0 Å². The van der Waals surface area contributed by atoms with E-state index in [0.717, 1.165) is 66.6 Å². The number of aromatic amines is 2. The molecule has 0 radical (unpaired) electrons. The Balaban J connectivity index is 1.45. The summed E-state index contributed by atoms with van der Waals surface area (Å²) in [6.07, 6.45) is 7.84. The van der Waals surface area contributed by atoms with Gasteiger partial charge < -0.3 is 30.4 Å². The number of fused-ring (bicyclic) bond motifs is 8. The highest BCUT2D eigenvalue weighted by Crippen LogP contribution is 2.39. The number of carboxylic acid groups (broad SMARTS) is 1. The van der Waals surface area contributed by atoms with Gasteiger partial charge in [-0.3, -0.25) is 0 Å². The summed E-state index contributed by atoms with van der Waals surface area (Å²) in [6, 6.07) is 35.6. The third-order valence-electron chi connectivity index (χ3n) is 9.64. The summed E-state index contributed by atoms with van der Waals surface area (Å²) in [5.41, 5.74) is 12.4. The second kappa shape index (κ2) is 12.8. The van der Waals surface area contributed by atoms with Crippen LogP contribution in [0.25, 0.3) is 90.9 Å². The first-order valence-electron chi connectivity index (χ1n) is 17.2. The normalized spacial score (nSPS) is 11.9. The number of phenols is 3. The van der Waals surface area contributed by atoms with E-state index >= 15 is 0 Å². The lowest BCUT2D eigenvalue weighted by Crippen LogP contribution is -1.95. The zero-order chi connectivity index (χ0) is 36.9. The number of aromatic nitrogens is 4. The van der Waals surface area contributed by atoms with Crippen LogP contribution in [0.1, 0.15) is 33.1 Å². The van der Waals surface area contributed by atoms with Crippen LogP contribution in [-0.2, 0) is 0 Å². The summed E-state index contributed by atoms with van der Waals surface area (Å²) < 4.78 is 0. The van der Waals surface area contributed by atoms with Gasteiger partial charge >= 0.3 is 5.97 Å². The Hall–Kier alpha value is -7.65. The molecular formula is C45H30N4O5. The van der Waals surface area contributed by atoms with Crippen LogP contribution in [0.4, 0.5) is 0 Å². The van der Waals surface area contributed by atoms with Crippen molar-refractivity contribution in [3.05, 3.63) is 150 Å². The van der Waals surface area contributed by atoms with Gasteiger partial charge in [0.25, 0.3) is 0 Å². The molecule has 2 aliphatic rings. The maximum atomic E-state index is 11.8. The predicted octanol–water partition coefficient (Wildman–Crippen LogP) is 10.1. The number of rotatable bonds is 5. The predicted molar refractivity (Wildman–Crippen MR) is 213 cm³/mol. The van der Waals surface area contributed by atoms with E-state index < -0.39 is 5.97 Å². The van der Waals surface area contributed by atoms with Crippen LogP contribution in [0.2, 0.25) is 0 Å². The lowest BCUT2D eigenvalue weighted by molar-refractivity contribution is 0.0697. The van der Waals surface area contributed by atoms with Crippen LogP contribution in [0.5, 0.6) is 17.2 Å². The molecule has 9 nitrogen and oxygen atoms in total. The van der Waals surface area contributed by atoms with Crippen LogP contribution >= 0.6 is 0 Å². The largest absolute Gasteiger partial charge is 0.508 e. The standard InChI is InChI=1S/C45H30N4O5/c50-30-11-5-26(6-12-30)42-35-19-17-33(46-35)41(25-1-3-29(4-2-25)45(53)54)34-18-20-36(47-34)43(27-7-13-31(51)14-8-27)38-22-24-40(49-38)44(39-23-21-37(42)48-39)28-9-15-32(52)16-10-28/h1-24,46,49-52H,(H,53,54). The number of hydrogen-bond donors (Lipinski definition) is 6. The summed E-state index contributed by atoms with van der Waals surface area (Å²) in [7, 11) is 0. The lowest BCUT2D eigenvalue weighted by Gasteiger charge is -2.07. The Bertz CT molecular complexity index is 2800. The fourth-order valence-electron chi connectivity index (χ4n) is 7.08. The zero-order valence-corrected chi connectivity index (χ0v) is 28.4. The summed E-state index contributed by atoms with van der Waals surface area (Å²) in [6.45, 7) is 0. The molecule has 7 aromatic rings. The fraction of sp³-hybridized carbons (Fsp3) is 0. The number of benzene rings is 4. The number of carbonyl (C=O) groups is 1. The number of aromatic hydroxyl groups is 3. The van der Waals surface area contributed by atoms with Crippen molar-refractivity contribution < 1.29 is 25.2 Å². The SMILES string of the molecule is O=C(O)c1ccc(-c2c3nc(c(-c4ccc(O)cc4)c4ccc([nH]4)c(-c4ccc(O)cc4)c4nc(c(-c5ccc(O)cc5)c5ccc2[nH]5)C=C4)C=C3)cc1. The number of nitrogens with zero attached hydrogens (tertiary/aromatic N) is 2. The molecular weight excluding hydrogens is 677 g/mol. The Morgan fingerprint density at radius 3 is 0.907 bits per heavy atom. The molecule has 3 aromatic heterocycles. The average Bonchev–Trinajstić information content (AvgIpc) is 4.02. The number of H-pyrrole nitrogens is 2. The molecule has 2 aliphatic heterocycles. The van der Waals surface area contributed by atoms with Gasteiger partial charge in [-0.2, -0.15) is 0 Å². The van der Waals surface area contributed by atoms with E-state index in [1.807, 2.05) is 85.0 Å². The maximum absolute atomic E-state index is 11.8. The fourth-order valence-corrected chi connectivity index (χ4v) is 7.08. The van der Waals surface area contributed by atoms with E-state index in [0.29, 0.717) is 22.8 Å². The molecule has 6 N–H and O–H groups in total. The number of hydrogen-bond acceptors (Lipinski definition) is 6. The van der Waals surface area contributed by atoms with Gasteiger partial charge in [-0.15, -0.1) is 0 Å². The van der Waals surface area contributed by atoms with Crippen molar-refractivity contribution in [2.45, 2.75) is 0 Å². The molecule has 0 atom stereocenters. The van der Waals surface area contributed by atoms with Crippen molar-refractivity contribution in [1.82, 2.24) is 19.9 Å². The molecule has 0 spiro atoms. The molecule has 9 heteroatoms. The molecule has 0 aliphatic carbocycles. The molecule has 260 valence electrons. The summed E-state index contributed by atoms with van der Waals surface area (Å²) in [5, 5.41) is 40.2. The van der Waals surface area contributed by atoms with Gasteiger partial charge in [0.1, 0.15) is 17.2 Å². The average molecular weight is 707 g/mol. The van der Waals surface area contributed by atoms with Crippen LogP contribution < -0.4 is 0 Å². The summed E-state index contributed by atoms with van der Waals surface area (Å²) >= 11 is 0. The molecule has 4 aromatic carbocycles. The highest BCUT2D eigenvalue weighted by molar-refractivity contribution is 6.00. The first-order valence-corrected chi connectivity index (χ1v) is 17.2. The van der Waals surface area contributed by atoms with Crippen LogP contribution in [0, 0.1) is 0 Å². The van der Waals surface area contributed by atoms with E-state index in [4.69, 9.17) is 9.97 Å². The van der Waals surface area contributed by atoms with E-state index in [2.05, 4.69) is 9.97 Å². The van der Waals surface area contributed by atoms with E-state index in [1.165, 1.54) is 0 Å². The molecule has 0 unspecified atom stereocenters. The van der Waals surface area contributed by atoms with E-state index in [-0.39, 0.29) is 22.8 Å². The van der Waals surface area contributed by atoms with Crippen molar-refractivity contribution in [3.63, 3.8) is 0 Å². The number of aromatic carboxylic acids is 1. The third-order valence-corrected chi connectivity index (χ3v) is 9.64. The van der Waals surface area contributed by atoms with Gasteiger partial charge in [-0.05, 0) is 119 Å². The minimum Gasteiger partial charge on any atom is -0.508 e. The van der Waals surface area contributed by atoms with Gasteiger partial charge in [0, 0.05) is 44.3 Å². The van der Waals surface area contributed by atoms with Crippen molar-refractivity contribution in [2.24, 2.45) is 0 Å². The maximum Gasteiger partial charge on any atom is 0.335 e. The Kier molecular flexibility index (Phi) is 7.67. The zero-order valence-electron chi connectivity index (χ0n) is 28.4.